The zero-order valence-electron chi connectivity index (χ0n) is 11.6. The van der Waals surface area contributed by atoms with Gasteiger partial charge < -0.3 is 16.4 Å². The Labute approximate surface area is 118 Å². The Kier molecular flexibility index (Phi) is 5.09. The lowest BCUT2D eigenvalue weighted by atomic mass is 9.93. The van der Waals surface area contributed by atoms with E-state index < -0.39 is 11.3 Å². The predicted octanol–water partition coefficient (Wildman–Crippen LogP) is 0.869. The molecule has 0 aliphatic carbocycles. The molecule has 6 nitrogen and oxygen atoms in total. The van der Waals surface area contributed by atoms with Gasteiger partial charge in [-0.3, -0.25) is 4.79 Å². The molecule has 0 heterocycles. The van der Waals surface area contributed by atoms with E-state index in [4.69, 9.17) is 11.0 Å². The molecule has 3 amide bonds. The molecular weight excluding hydrogens is 256 g/mol. The molecule has 1 aromatic rings. The van der Waals surface area contributed by atoms with Gasteiger partial charge in [0.25, 0.3) is 0 Å². The third kappa shape index (κ3) is 4.61. The minimum Gasteiger partial charge on any atom is -0.369 e. The van der Waals surface area contributed by atoms with Gasteiger partial charge in [-0.05, 0) is 31.5 Å². The summed E-state index contributed by atoms with van der Waals surface area (Å²) in [5, 5.41) is 13.9. The van der Waals surface area contributed by atoms with Crippen LogP contribution < -0.4 is 16.4 Å². The van der Waals surface area contributed by atoms with E-state index in [0.29, 0.717) is 12.1 Å². The summed E-state index contributed by atoms with van der Waals surface area (Å²) in [6.45, 7) is 3.84. The SMILES string of the molecule is CC(C)(CNC(=O)NCc1ccc(C#N)cc1)C(N)=O. The molecule has 0 aliphatic heterocycles. The average Bonchev–Trinajstić information content (AvgIpc) is 2.43. The first-order chi connectivity index (χ1) is 9.35. The quantitative estimate of drug-likeness (QED) is 0.741. The van der Waals surface area contributed by atoms with E-state index in [1.54, 1.807) is 38.1 Å². The molecular formula is C14H18N4O2. The zero-order chi connectivity index (χ0) is 15.2. The van der Waals surface area contributed by atoms with Gasteiger partial charge in [-0.25, -0.2) is 4.79 Å². The second-order valence-electron chi connectivity index (χ2n) is 5.09. The van der Waals surface area contributed by atoms with Crippen molar-refractivity contribution in [2.75, 3.05) is 6.54 Å². The number of hydrogen-bond donors (Lipinski definition) is 3. The summed E-state index contributed by atoms with van der Waals surface area (Å²) in [5.41, 5.74) is 5.88. The smallest absolute Gasteiger partial charge is 0.315 e. The minimum atomic E-state index is -0.786. The Hall–Kier alpha value is -2.55. The van der Waals surface area contributed by atoms with Crippen LogP contribution in [0.5, 0.6) is 0 Å². The lowest BCUT2D eigenvalue weighted by molar-refractivity contribution is -0.125. The normalized spacial score (nSPS) is 10.4. The van der Waals surface area contributed by atoms with Gasteiger partial charge in [-0.15, -0.1) is 0 Å². The second kappa shape index (κ2) is 6.57. The van der Waals surface area contributed by atoms with E-state index in [9.17, 15) is 9.59 Å². The Morgan fingerprint density at radius 2 is 1.85 bits per heavy atom. The van der Waals surface area contributed by atoms with Crippen LogP contribution in [0.15, 0.2) is 24.3 Å². The molecule has 0 atom stereocenters. The fourth-order valence-corrected chi connectivity index (χ4v) is 1.33. The number of nitrogens with one attached hydrogen (secondary N) is 2. The van der Waals surface area contributed by atoms with Crippen LogP contribution in [-0.2, 0) is 11.3 Å². The molecule has 0 aliphatic rings. The number of benzene rings is 1. The number of hydrogen-bond acceptors (Lipinski definition) is 3. The van der Waals surface area contributed by atoms with Crippen molar-refractivity contribution in [3.8, 4) is 6.07 Å². The maximum atomic E-state index is 11.6. The van der Waals surface area contributed by atoms with Crippen molar-refractivity contribution in [2.45, 2.75) is 20.4 Å². The lowest BCUT2D eigenvalue weighted by Crippen LogP contribution is -2.45. The van der Waals surface area contributed by atoms with Crippen molar-refractivity contribution >= 4 is 11.9 Å². The van der Waals surface area contributed by atoms with Crippen molar-refractivity contribution in [1.82, 2.24) is 10.6 Å². The Morgan fingerprint density at radius 3 is 2.35 bits per heavy atom. The molecule has 0 spiro atoms. The number of amides is 3. The van der Waals surface area contributed by atoms with Gasteiger partial charge in [0, 0.05) is 13.1 Å². The van der Waals surface area contributed by atoms with E-state index in [1.165, 1.54) is 0 Å². The number of carbonyl (C=O) groups excluding carboxylic acids is 2. The van der Waals surface area contributed by atoms with Gasteiger partial charge >= 0.3 is 6.03 Å². The highest BCUT2D eigenvalue weighted by atomic mass is 16.2. The molecule has 1 rings (SSSR count). The summed E-state index contributed by atoms with van der Waals surface area (Å²) in [7, 11) is 0. The highest BCUT2D eigenvalue weighted by Gasteiger charge is 2.25. The molecule has 0 aromatic heterocycles. The summed E-state index contributed by atoms with van der Waals surface area (Å²) < 4.78 is 0. The van der Waals surface area contributed by atoms with E-state index in [-0.39, 0.29) is 12.6 Å². The van der Waals surface area contributed by atoms with Crippen LogP contribution in [0.3, 0.4) is 0 Å². The van der Waals surface area contributed by atoms with E-state index in [0.717, 1.165) is 5.56 Å². The largest absolute Gasteiger partial charge is 0.369 e. The number of primary amides is 1. The molecule has 20 heavy (non-hydrogen) atoms. The van der Waals surface area contributed by atoms with Crippen molar-refractivity contribution in [3.63, 3.8) is 0 Å². The minimum absolute atomic E-state index is 0.168. The fourth-order valence-electron chi connectivity index (χ4n) is 1.33. The van der Waals surface area contributed by atoms with Gasteiger partial charge in [-0.1, -0.05) is 12.1 Å². The van der Waals surface area contributed by atoms with Gasteiger partial charge in [0.05, 0.1) is 17.0 Å². The Bertz CT molecular complexity index is 529. The summed E-state index contributed by atoms with van der Waals surface area (Å²) in [4.78, 5) is 22.7. The summed E-state index contributed by atoms with van der Waals surface area (Å²) in [6.07, 6.45) is 0. The van der Waals surface area contributed by atoms with Crippen molar-refractivity contribution in [2.24, 2.45) is 11.1 Å². The topological polar surface area (TPSA) is 108 Å². The maximum Gasteiger partial charge on any atom is 0.315 e. The van der Waals surface area contributed by atoms with Crippen molar-refractivity contribution < 1.29 is 9.59 Å². The lowest BCUT2D eigenvalue weighted by Gasteiger charge is -2.20. The Balaban J connectivity index is 2.40. The molecule has 1 aromatic carbocycles. The van der Waals surface area contributed by atoms with E-state index >= 15 is 0 Å². The number of nitriles is 1. The van der Waals surface area contributed by atoms with Gasteiger partial charge in [-0.2, -0.15) is 5.26 Å². The van der Waals surface area contributed by atoms with E-state index in [2.05, 4.69) is 10.6 Å². The molecule has 0 radical (unpaired) electrons. The Morgan fingerprint density at radius 1 is 1.25 bits per heavy atom. The molecule has 6 heteroatoms. The summed E-state index contributed by atoms with van der Waals surface area (Å²) in [5.74, 6) is -0.468. The number of urea groups is 1. The van der Waals surface area contributed by atoms with Crippen LogP contribution >= 0.6 is 0 Å². The molecule has 106 valence electrons. The average molecular weight is 274 g/mol. The fraction of sp³-hybridized carbons (Fsp3) is 0.357. The van der Waals surface area contributed by atoms with Crippen molar-refractivity contribution in [1.29, 1.82) is 5.26 Å². The first kappa shape index (κ1) is 15.5. The van der Waals surface area contributed by atoms with Crippen LogP contribution in [0.1, 0.15) is 25.0 Å². The molecule has 0 saturated carbocycles. The number of carbonyl (C=O) groups is 2. The third-order valence-corrected chi connectivity index (χ3v) is 2.89. The van der Waals surface area contributed by atoms with E-state index in [1.807, 2.05) is 6.07 Å². The summed E-state index contributed by atoms with van der Waals surface area (Å²) in [6, 6.07) is 8.56. The first-order valence-corrected chi connectivity index (χ1v) is 6.16. The number of nitrogens with two attached hydrogens (primary N) is 1. The maximum absolute atomic E-state index is 11.6. The first-order valence-electron chi connectivity index (χ1n) is 6.16. The molecule has 4 N–H and O–H groups in total. The second-order valence-corrected chi connectivity index (χ2v) is 5.09. The highest BCUT2D eigenvalue weighted by molar-refractivity contribution is 5.81. The molecule has 0 bridgehead atoms. The monoisotopic (exact) mass is 274 g/mol. The molecule has 0 unspecified atom stereocenters. The van der Waals surface area contributed by atoms with Crippen molar-refractivity contribution in [3.05, 3.63) is 35.4 Å². The van der Waals surface area contributed by atoms with Crippen LogP contribution in [0.25, 0.3) is 0 Å². The van der Waals surface area contributed by atoms with Gasteiger partial charge in [0.2, 0.25) is 5.91 Å². The third-order valence-electron chi connectivity index (χ3n) is 2.89. The van der Waals surface area contributed by atoms with Gasteiger partial charge in [0.1, 0.15) is 0 Å². The summed E-state index contributed by atoms with van der Waals surface area (Å²) >= 11 is 0. The molecule has 0 fully saturated rings. The van der Waals surface area contributed by atoms with Crippen LogP contribution in [-0.4, -0.2) is 18.5 Å². The van der Waals surface area contributed by atoms with Gasteiger partial charge in [0.15, 0.2) is 0 Å². The molecule has 0 saturated heterocycles. The number of rotatable bonds is 5. The van der Waals surface area contributed by atoms with Crippen LogP contribution in [0.2, 0.25) is 0 Å². The zero-order valence-corrected chi connectivity index (χ0v) is 11.6. The highest BCUT2D eigenvalue weighted by Crippen LogP contribution is 2.11. The predicted molar refractivity (Wildman–Crippen MR) is 74.4 cm³/mol. The standard InChI is InChI=1S/C14H18N4O2/c1-14(2,12(16)19)9-18-13(20)17-8-11-5-3-10(7-15)4-6-11/h3-6H,8-9H2,1-2H3,(H2,16,19)(H2,17,18,20). The van der Waals surface area contributed by atoms with Crippen LogP contribution in [0.4, 0.5) is 4.79 Å². The van der Waals surface area contributed by atoms with Crippen LogP contribution in [0, 0.1) is 16.7 Å². The number of nitrogens with zero attached hydrogens (tertiary/aromatic N) is 1.